The summed E-state index contributed by atoms with van der Waals surface area (Å²) in [7, 11) is 1.57. The number of allylic oxidation sites excluding steroid dienone is 3. The van der Waals surface area contributed by atoms with Crippen LogP contribution in [0.2, 0.25) is 0 Å². The molecule has 0 aromatic heterocycles. The molecule has 0 spiro atoms. The van der Waals surface area contributed by atoms with Crippen molar-refractivity contribution in [1.82, 2.24) is 5.32 Å². The molecule has 0 radical (unpaired) electrons. The average molecular weight is 884 g/mol. The Morgan fingerprint density at radius 3 is 1.31 bits per heavy atom. The lowest BCUT2D eigenvalue weighted by Crippen LogP contribution is -2.45. The Bertz CT molecular complexity index is 1050. The van der Waals surface area contributed by atoms with E-state index in [2.05, 4.69) is 31.3 Å². The molecule has 3 atom stereocenters. The van der Waals surface area contributed by atoms with E-state index in [4.69, 9.17) is 9.05 Å². The summed E-state index contributed by atoms with van der Waals surface area (Å²) in [5.74, 6) is -0.183. The Hall–Kier alpha value is -1.02. The van der Waals surface area contributed by atoms with Gasteiger partial charge < -0.3 is 19.8 Å². The highest BCUT2D eigenvalue weighted by Gasteiger charge is 2.27. The van der Waals surface area contributed by atoms with E-state index in [1.165, 1.54) is 193 Å². The first-order chi connectivity index (χ1) is 29.5. The molecule has 0 aliphatic carbocycles. The molecule has 362 valence electrons. The lowest BCUT2D eigenvalue weighted by Gasteiger charge is -2.25. The van der Waals surface area contributed by atoms with Gasteiger partial charge in [-0.3, -0.25) is 13.8 Å². The summed E-state index contributed by atoms with van der Waals surface area (Å²) in [6.45, 7) is 4.82. The Morgan fingerprint density at radius 1 is 0.541 bits per heavy atom. The van der Waals surface area contributed by atoms with Crippen LogP contribution >= 0.6 is 7.82 Å². The second kappa shape index (κ2) is 44.2. The molecule has 0 saturated heterocycles. The lowest BCUT2D eigenvalue weighted by atomic mass is 10.0. The number of nitrogens with zero attached hydrogens (tertiary/aromatic N) is 1. The molecule has 0 aromatic carbocycles. The molecule has 0 bridgehead atoms. The summed E-state index contributed by atoms with van der Waals surface area (Å²) in [5.41, 5.74) is 0. The minimum Gasteiger partial charge on any atom is -0.387 e. The maximum absolute atomic E-state index is 12.9. The van der Waals surface area contributed by atoms with Crippen LogP contribution in [0.4, 0.5) is 0 Å². The van der Waals surface area contributed by atoms with Crippen molar-refractivity contribution in [2.75, 3.05) is 40.9 Å². The second-order valence-electron chi connectivity index (χ2n) is 19.3. The van der Waals surface area contributed by atoms with Crippen molar-refractivity contribution in [3.8, 4) is 0 Å². The summed E-state index contributed by atoms with van der Waals surface area (Å²) in [5, 5.41) is 13.9. The second-order valence-corrected chi connectivity index (χ2v) is 20.7. The van der Waals surface area contributed by atoms with Crippen LogP contribution in [0.25, 0.3) is 0 Å². The van der Waals surface area contributed by atoms with Crippen molar-refractivity contribution >= 4 is 13.7 Å². The summed E-state index contributed by atoms with van der Waals surface area (Å²) in [4.78, 5) is 23.2. The van der Waals surface area contributed by atoms with E-state index in [1.54, 1.807) is 6.08 Å². The third-order valence-corrected chi connectivity index (χ3v) is 12.9. The number of hydrogen-bond donors (Lipinski definition) is 3. The van der Waals surface area contributed by atoms with Crippen LogP contribution in [-0.4, -0.2) is 73.4 Å². The third kappa shape index (κ3) is 46.8. The van der Waals surface area contributed by atoms with Gasteiger partial charge in [-0.2, -0.15) is 0 Å². The molecule has 0 aromatic rings. The Labute approximate surface area is 379 Å². The number of nitrogens with one attached hydrogen (secondary N) is 1. The molecule has 0 aliphatic heterocycles. The lowest BCUT2D eigenvalue weighted by molar-refractivity contribution is -0.870. The zero-order valence-corrected chi connectivity index (χ0v) is 42.1. The highest BCUT2D eigenvalue weighted by Crippen LogP contribution is 2.43. The van der Waals surface area contributed by atoms with E-state index >= 15 is 0 Å². The van der Waals surface area contributed by atoms with Gasteiger partial charge in [-0.15, -0.1) is 0 Å². The number of phosphoric acid groups is 1. The predicted molar refractivity (Wildman–Crippen MR) is 263 cm³/mol. The number of phosphoric ester groups is 1. The first-order valence-electron chi connectivity index (χ1n) is 26.2. The van der Waals surface area contributed by atoms with Gasteiger partial charge in [-0.05, 0) is 32.1 Å². The minimum absolute atomic E-state index is 0.0585. The fourth-order valence-electron chi connectivity index (χ4n) is 7.77. The minimum atomic E-state index is -4.35. The number of amides is 1. The van der Waals surface area contributed by atoms with Crippen molar-refractivity contribution in [3.63, 3.8) is 0 Å². The smallest absolute Gasteiger partial charge is 0.387 e. The van der Waals surface area contributed by atoms with Gasteiger partial charge in [0.15, 0.2) is 0 Å². The molecule has 0 heterocycles. The van der Waals surface area contributed by atoms with Gasteiger partial charge >= 0.3 is 7.82 Å². The third-order valence-electron chi connectivity index (χ3n) is 11.9. The molecule has 9 heteroatoms. The normalized spacial score (nSPS) is 14.3. The number of aliphatic hydroxyl groups is 1. The maximum atomic E-state index is 12.9. The number of quaternary nitrogens is 1. The molecule has 0 aliphatic rings. The van der Waals surface area contributed by atoms with Gasteiger partial charge in [0.1, 0.15) is 13.2 Å². The molecular formula is C52H104N2O6P+. The average Bonchev–Trinajstić information content (AvgIpc) is 3.21. The highest BCUT2D eigenvalue weighted by molar-refractivity contribution is 7.47. The monoisotopic (exact) mass is 884 g/mol. The van der Waals surface area contributed by atoms with Crippen molar-refractivity contribution < 1.29 is 32.9 Å². The molecule has 0 rings (SSSR count). The molecule has 0 saturated carbocycles. The van der Waals surface area contributed by atoms with Gasteiger partial charge in [0.25, 0.3) is 0 Å². The van der Waals surface area contributed by atoms with Crippen molar-refractivity contribution in [2.45, 2.75) is 264 Å². The molecule has 61 heavy (non-hydrogen) atoms. The number of rotatable bonds is 48. The Morgan fingerprint density at radius 2 is 0.902 bits per heavy atom. The maximum Gasteiger partial charge on any atom is 0.472 e. The van der Waals surface area contributed by atoms with Crippen LogP contribution in [0.15, 0.2) is 24.3 Å². The summed E-state index contributed by atoms with van der Waals surface area (Å²) < 4.78 is 23.6. The zero-order valence-electron chi connectivity index (χ0n) is 41.2. The molecule has 3 unspecified atom stereocenters. The van der Waals surface area contributed by atoms with Gasteiger partial charge in [-0.1, -0.05) is 237 Å². The predicted octanol–water partition coefficient (Wildman–Crippen LogP) is 15.3. The van der Waals surface area contributed by atoms with E-state index in [9.17, 15) is 19.4 Å². The zero-order chi connectivity index (χ0) is 45.0. The van der Waals surface area contributed by atoms with Crippen LogP contribution in [0.3, 0.4) is 0 Å². The van der Waals surface area contributed by atoms with Crippen molar-refractivity contribution in [1.29, 1.82) is 0 Å². The molecule has 0 fully saturated rings. The van der Waals surface area contributed by atoms with Crippen LogP contribution in [0, 0.1) is 0 Å². The van der Waals surface area contributed by atoms with Crippen LogP contribution < -0.4 is 5.32 Å². The number of unbranched alkanes of at least 4 members (excludes halogenated alkanes) is 33. The molecule has 1 amide bonds. The van der Waals surface area contributed by atoms with E-state index < -0.39 is 20.0 Å². The number of likely N-dealkylation sites (N-methyl/N-ethyl adjacent to an activating group) is 1. The standard InChI is InChI=1S/C52H103N2O6P/c1-6-8-10-12-14-16-18-20-22-23-24-25-26-27-28-29-30-32-33-35-37-39-41-43-45-51(55)50(49-60-61(57,58)59-48-47-54(3,4)5)53-52(56)46-44-42-40-38-36-34-31-21-19-17-15-13-11-9-7-2/h35,37,43,45,50-51,55H,6-34,36,38-42,44,46-49H2,1-5H3,(H-,53,56,57,58)/p+1/b37-35+,45-43+. The molecule has 3 N–H and O–H groups in total. The fraction of sp³-hybridized carbons (Fsp3) is 0.904. The SMILES string of the molecule is CCCCCCCCCCCCCCCCCCCC/C=C/CC/C=C/C(O)C(COP(=O)(O)OCC[N+](C)(C)C)NC(=O)CCCCCCCCCCCCCCCCC. The van der Waals surface area contributed by atoms with Crippen LogP contribution in [-0.2, 0) is 18.4 Å². The number of carbonyl (C=O) groups is 1. The number of aliphatic hydroxyl groups excluding tert-OH is 1. The van der Waals surface area contributed by atoms with E-state index in [1.807, 2.05) is 27.2 Å². The topological polar surface area (TPSA) is 105 Å². The van der Waals surface area contributed by atoms with Crippen molar-refractivity contribution in [3.05, 3.63) is 24.3 Å². The Balaban J connectivity index is 4.29. The van der Waals surface area contributed by atoms with E-state index in [0.29, 0.717) is 17.4 Å². The molecule has 8 nitrogen and oxygen atoms in total. The summed E-state index contributed by atoms with van der Waals surface area (Å²) in [6.07, 6.45) is 54.1. The van der Waals surface area contributed by atoms with E-state index in [0.717, 1.165) is 38.5 Å². The van der Waals surface area contributed by atoms with Crippen LogP contribution in [0.5, 0.6) is 0 Å². The Kier molecular flexibility index (Phi) is 43.5. The van der Waals surface area contributed by atoms with E-state index in [-0.39, 0.29) is 19.1 Å². The first-order valence-corrected chi connectivity index (χ1v) is 27.7. The van der Waals surface area contributed by atoms with Crippen LogP contribution in [0.1, 0.15) is 251 Å². The summed E-state index contributed by atoms with van der Waals surface area (Å²) in [6, 6.07) is -0.859. The quantitative estimate of drug-likeness (QED) is 0.0243. The first kappa shape index (κ1) is 60.0. The fourth-order valence-corrected chi connectivity index (χ4v) is 8.50. The van der Waals surface area contributed by atoms with Gasteiger partial charge in [-0.25, -0.2) is 4.57 Å². The number of hydrogen-bond acceptors (Lipinski definition) is 5. The highest BCUT2D eigenvalue weighted by atomic mass is 31.2. The largest absolute Gasteiger partial charge is 0.472 e. The molecular weight excluding hydrogens is 780 g/mol. The van der Waals surface area contributed by atoms with Crippen molar-refractivity contribution in [2.24, 2.45) is 0 Å². The van der Waals surface area contributed by atoms with Gasteiger partial charge in [0, 0.05) is 6.42 Å². The van der Waals surface area contributed by atoms with Gasteiger partial charge in [0.2, 0.25) is 5.91 Å². The number of carbonyl (C=O) groups excluding carboxylic acids is 1. The van der Waals surface area contributed by atoms with Gasteiger partial charge in [0.05, 0.1) is 39.9 Å². The summed E-state index contributed by atoms with van der Waals surface area (Å²) >= 11 is 0.